The van der Waals surface area contributed by atoms with E-state index in [9.17, 15) is 13.2 Å². The first kappa shape index (κ1) is 24.3. The molecule has 1 aliphatic heterocycles. The first-order valence-corrected chi connectivity index (χ1v) is 13.3. The number of nitrogens with zero attached hydrogens (tertiary/aromatic N) is 1. The monoisotopic (exact) mass is 499 g/mol. The van der Waals surface area contributed by atoms with Crippen molar-refractivity contribution in [2.75, 3.05) is 19.5 Å². The number of carbonyl (C=O) groups excluding carboxylic acids is 1. The highest BCUT2D eigenvalue weighted by molar-refractivity contribution is 7.92. The van der Waals surface area contributed by atoms with Gasteiger partial charge in [-0.25, -0.2) is 18.9 Å². The average Bonchev–Trinajstić information content (AvgIpc) is 3.21. The summed E-state index contributed by atoms with van der Waals surface area (Å²) in [6, 6.07) is 13.5. The van der Waals surface area contributed by atoms with Crippen molar-refractivity contribution in [1.29, 1.82) is 0 Å². The standard InChI is InChI=1S/C24H25N3O5S2/c1-23(22(28)27-29,34(2,30)31)12-11-21-26-19-10-7-17(13-20(19)33-21)4-3-16-5-8-18(9-6-16)24(25)14-32-15-24/h5-10,13,29H,11-12,14-15,25H2,1-2H3,(H,27,28)/t23-/m1/s1. The van der Waals surface area contributed by atoms with Gasteiger partial charge in [-0.1, -0.05) is 24.0 Å². The Kier molecular flexibility index (Phi) is 6.50. The maximum Gasteiger partial charge on any atom is 0.264 e. The van der Waals surface area contributed by atoms with Crippen LogP contribution in [-0.4, -0.2) is 48.7 Å². The SMILES string of the molecule is C[C@@](CCc1nc2ccc(C#Cc3ccc(C4(N)COC4)cc3)cc2s1)(C(=O)NO)S(C)(=O)=O. The largest absolute Gasteiger partial charge is 0.377 e. The second-order valence-electron chi connectivity index (χ2n) is 8.71. The summed E-state index contributed by atoms with van der Waals surface area (Å²) >= 11 is 1.42. The van der Waals surface area contributed by atoms with Gasteiger partial charge in [-0.2, -0.15) is 0 Å². The van der Waals surface area contributed by atoms with Gasteiger partial charge in [0.2, 0.25) is 0 Å². The van der Waals surface area contributed by atoms with E-state index in [1.54, 1.807) is 0 Å². The lowest BCUT2D eigenvalue weighted by molar-refractivity contribution is -0.131. The number of fused-ring (bicyclic) bond motifs is 1. The van der Waals surface area contributed by atoms with Gasteiger partial charge >= 0.3 is 0 Å². The number of carbonyl (C=O) groups is 1. The van der Waals surface area contributed by atoms with Crippen molar-refractivity contribution in [3.05, 3.63) is 64.2 Å². The number of hydrogen-bond acceptors (Lipinski definition) is 8. The van der Waals surface area contributed by atoms with E-state index in [2.05, 4.69) is 16.8 Å². The molecular weight excluding hydrogens is 474 g/mol. The molecular formula is C24H25N3O5S2. The summed E-state index contributed by atoms with van der Waals surface area (Å²) in [6.07, 6.45) is 1.25. The van der Waals surface area contributed by atoms with Crippen molar-refractivity contribution in [3.8, 4) is 11.8 Å². The molecule has 2 heterocycles. The Balaban J connectivity index is 1.49. The van der Waals surface area contributed by atoms with Crippen molar-refractivity contribution in [2.45, 2.75) is 30.1 Å². The number of aryl methyl sites for hydroxylation is 1. The van der Waals surface area contributed by atoms with E-state index in [0.29, 0.717) is 18.2 Å². The van der Waals surface area contributed by atoms with Crippen LogP contribution in [-0.2, 0) is 31.3 Å². The highest BCUT2D eigenvalue weighted by Crippen LogP contribution is 2.29. The van der Waals surface area contributed by atoms with Crippen LogP contribution in [0.2, 0.25) is 0 Å². The molecule has 10 heteroatoms. The van der Waals surface area contributed by atoms with Crippen molar-refractivity contribution in [1.82, 2.24) is 10.5 Å². The molecule has 0 bridgehead atoms. The smallest absolute Gasteiger partial charge is 0.264 e. The molecule has 1 aliphatic rings. The zero-order chi connectivity index (χ0) is 24.6. The molecule has 4 rings (SSSR count). The molecule has 0 saturated carbocycles. The van der Waals surface area contributed by atoms with Gasteiger partial charge in [0.1, 0.15) is 4.75 Å². The summed E-state index contributed by atoms with van der Waals surface area (Å²) in [5.74, 6) is 5.36. The number of amides is 1. The van der Waals surface area contributed by atoms with Crippen LogP contribution in [0.5, 0.6) is 0 Å². The van der Waals surface area contributed by atoms with Gasteiger partial charge in [-0.15, -0.1) is 11.3 Å². The third kappa shape index (κ3) is 4.71. The summed E-state index contributed by atoms with van der Waals surface area (Å²) in [5.41, 5.74) is 10.8. The minimum atomic E-state index is -3.75. The van der Waals surface area contributed by atoms with Crippen LogP contribution in [0, 0.1) is 11.8 Å². The Morgan fingerprint density at radius 2 is 1.88 bits per heavy atom. The van der Waals surface area contributed by atoms with E-state index >= 15 is 0 Å². The number of benzene rings is 2. The number of nitrogens with one attached hydrogen (secondary N) is 1. The van der Waals surface area contributed by atoms with Crippen molar-refractivity contribution >= 4 is 37.3 Å². The highest BCUT2D eigenvalue weighted by atomic mass is 32.2. The molecule has 1 aromatic heterocycles. The summed E-state index contributed by atoms with van der Waals surface area (Å²) in [4.78, 5) is 16.6. The fourth-order valence-electron chi connectivity index (χ4n) is 3.61. The average molecular weight is 500 g/mol. The fourth-order valence-corrected chi connectivity index (χ4v) is 5.47. The fraction of sp³-hybridized carbons (Fsp3) is 0.333. The topological polar surface area (TPSA) is 132 Å². The number of nitrogens with two attached hydrogens (primary N) is 1. The molecule has 34 heavy (non-hydrogen) atoms. The van der Waals surface area contributed by atoms with Crippen molar-refractivity contribution in [2.24, 2.45) is 5.73 Å². The summed E-state index contributed by atoms with van der Waals surface area (Å²) in [5, 5.41) is 9.67. The second kappa shape index (κ2) is 9.09. The maximum absolute atomic E-state index is 12.2. The van der Waals surface area contributed by atoms with E-state index < -0.39 is 26.0 Å². The van der Waals surface area contributed by atoms with Crippen LogP contribution in [0.25, 0.3) is 10.2 Å². The van der Waals surface area contributed by atoms with Crippen LogP contribution < -0.4 is 11.2 Å². The van der Waals surface area contributed by atoms with Crippen LogP contribution in [0.15, 0.2) is 42.5 Å². The second-order valence-corrected chi connectivity index (χ2v) is 12.3. The number of sulfone groups is 1. The van der Waals surface area contributed by atoms with Crippen molar-refractivity contribution < 1.29 is 23.2 Å². The zero-order valence-electron chi connectivity index (χ0n) is 18.8. The molecule has 0 unspecified atom stereocenters. The van der Waals surface area contributed by atoms with Gasteiger partial charge in [-0.05, 0) is 49.2 Å². The summed E-state index contributed by atoms with van der Waals surface area (Å²) < 4.78 is 28.7. The van der Waals surface area contributed by atoms with E-state index in [0.717, 1.165) is 33.2 Å². The molecule has 1 atom stereocenters. The Morgan fingerprint density at radius 1 is 1.24 bits per heavy atom. The van der Waals surface area contributed by atoms with Crippen LogP contribution in [0.4, 0.5) is 0 Å². The Morgan fingerprint density at radius 3 is 2.47 bits per heavy atom. The molecule has 8 nitrogen and oxygen atoms in total. The third-order valence-corrected chi connectivity index (χ3v) is 9.28. The predicted molar refractivity (Wildman–Crippen MR) is 130 cm³/mol. The minimum Gasteiger partial charge on any atom is -0.377 e. The lowest BCUT2D eigenvalue weighted by Crippen LogP contribution is -2.54. The molecule has 0 radical (unpaired) electrons. The highest BCUT2D eigenvalue weighted by Gasteiger charge is 2.43. The number of hydroxylamine groups is 1. The van der Waals surface area contributed by atoms with Crippen LogP contribution in [0.1, 0.15) is 35.0 Å². The summed E-state index contributed by atoms with van der Waals surface area (Å²) in [6.45, 7) is 2.35. The van der Waals surface area contributed by atoms with Gasteiger partial charge in [0.05, 0.1) is 34.0 Å². The first-order chi connectivity index (χ1) is 16.0. The van der Waals surface area contributed by atoms with E-state index in [4.69, 9.17) is 15.7 Å². The lowest BCUT2D eigenvalue weighted by atomic mass is 9.89. The molecule has 1 saturated heterocycles. The van der Waals surface area contributed by atoms with Crippen molar-refractivity contribution in [3.63, 3.8) is 0 Å². The predicted octanol–water partition coefficient (Wildman–Crippen LogP) is 2.12. The molecule has 4 N–H and O–H groups in total. The van der Waals surface area contributed by atoms with E-state index in [1.165, 1.54) is 23.7 Å². The van der Waals surface area contributed by atoms with E-state index in [1.807, 2.05) is 42.5 Å². The number of ether oxygens (including phenoxy) is 1. The molecule has 178 valence electrons. The molecule has 0 aliphatic carbocycles. The Hall–Kier alpha value is -2.81. The quantitative estimate of drug-likeness (QED) is 0.269. The maximum atomic E-state index is 12.2. The molecule has 2 aromatic carbocycles. The third-order valence-electron chi connectivity index (χ3n) is 6.18. The first-order valence-electron chi connectivity index (χ1n) is 10.6. The molecule has 1 amide bonds. The molecule has 0 spiro atoms. The number of rotatable bonds is 6. The normalized spacial score (nSPS) is 16.7. The van der Waals surface area contributed by atoms with Gasteiger partial charge in [0.15, 0.2) is 9.84 Å². The number of thiazole rings is 1. The number of hydrogen-bond donors (Lipinski definition) is 3. The Bertz CT molecular complexity index is 1400. The number of aromatic nitrogens is 1. The Labute approximate surface area is 202 Å². The van der Waals surface area contributed by atoms with Crippen LogP contribution in [0.3, 0.4) is 0 Å². The van der Waals surface area contributed by atoms with E-state index in [-0.39, 0.29) is 12.8 Å². The lowest BCUT2D eigenvalue weighted by Gasteiger charge is -2.38. The molecule has 3 aromatic rings. The summed E-state index contributed by atoms with van der Waals surface area (Å²) in [7, 11) is -3.75. The van der Waals surface area contributed by atoms with Gasteiger partial charge in [0.25, 0.3) is 5.91 Å². The minimum absolute atomic E-state index is 0.00306. The van der Waals surface area contributed by atoms with Gasteiger partial charge in [-0.3, -0.25) is 10.0 Å². The van der Waals surface area contributed by atoms with Gasteiger partial charge < -0.3 is 10.5 Å². The van der Waals surface area contributed by atoms with Crippen LogP contribution >= 0.6 is 11.3 Å². The zero-order valence-corrected chi connectivity index (χ0v) is 20.4. The molecule has 1 fully saturated rings. The van der Waals surface area contributed by atoms with Gasteiger partial charge in [0, 0.05) is 23.8 Å².